The molecule has 1 atom stereocenters. The Kier molecular flexibility index (Phi) is 5.21. The van der Waals surface area contributed by atoms with Crippen LogP contribution in [0.3, 0.4) is 0 Å². The molecule has 120 valence electrons. The average molecular weight is 320 g/mol. The molecule has 0 aliphatic heterocycles. The van der Waals surface area contributed by atoms with E-state index in [-0.39, 0.29) is 0 Å². The van der Waals surface area contributed by atoms with Crippen molar-refractivity contribution in [1.82, 2.24) is 0 Å². The first-order valence-corrected chi connectivity index (χ1v) is 9.11. The Bertz CT molecular complexity index is 692. The zero-order valence-corrected chi connectivity index (χ0v) is 13.8. The van der Waals surface area contributed by atoms with Crippen molar-refractivity contribution in [2.45, 2.75) is 37.4 Å². The van der Waals surface area contributed by atoms with Crippen LogP contribution in [0.1, 0.15) is 37.3 Å². The summed E-state index contributed by atoms with van der Waals surface area (Å²) < 4.78 is 22.3. The van der Waals surface area contributed by atoms with E-state index in [0.717, 1.165) is 36.9 Å². The van der Waals surface area contributed by atoms with Gasteiger partial charge in [-0.1, -0.05) is 42.5 Å². The molecule has 0 radical (unpaired) electrons. The van der Waals surface area contributed by atoms with Gasteiger partial charge in [0.25, 0.3) is 0 Å². The summed E-state index contributed by atoms with van der Waals surface area (Å²) in [5.74, 6) is 0. The second kappa shape index (κ2) is 6.77. The van der Waals surface area contributed by atoms with Gasteiger partial charge in [-0.25, -0.2) is 13.6 Å². The molecular weight excluding hydrogens is 296 g/mol. The summed E-state index contributed by atoms with van der Waals surface area (Å²) in [6.45, 7) is 2.37. The number of rotatable bonds is 6. The van der Waals surface area contributed by atoms with E-state index in [0.29, 0.717) is 6.42 Å². The molecule has 0 amide bonds. The minimum Gasteiger partial charge on any atom is -0.330 e. The quantitative estimate of drug-likeness (QED) is 0.789. The van der Waals surface area contributed by atoms with Crippen LogP contribution in [-0.4, -0.2) is 19.7 Å². The Balaban J connectivity index is 2.14. The second-order valence-electron chi connectivity index (χ2n) is 6.00. The van der Waals surface area contributed by atoms with Crippen LogP contribution in [0.5, 0.6) is 0 Å². The Morgan fingerprint density at radius 1 is 1.27 bits per heavy atom. The molecule has 22 heavy (non-hydrogen) atoms. The van der Waals surface area contributed by atoms with Crippen LogP contribution in [0.25, 0.3) is 5.57 Å². The smallest absolute Gasteiger partial charge is 0.218 e. The van der Waals surface area contributed by atoms with Gasteiger partial charge in [-0.3, -0.25) is 0 Å². The largest absolute Gasteiger partial charge is 0.330 e. The summed E-state index contributed by atoms with van der Waals surface area (Å²) in [7, 11) is -3.60. The van der Waals surface area contributed by atoms with Crippen molar-refractivity contribution in [3.05, 3.63) is 53.6 Å². The lowest BCUT2D eigenvalue weighted by atomic mass is 9.92. The molecule has 1 aliphatic rings. The van der Waals surface area contributed by atoms with Crippen molar-refractivity contribution >= 4 is 15.6 Å². The topological polar surface area (TPSA) is 86.2 Å². The fourth-order valence-corrected chi connectivity index (χ4v) is 3.09. The van der Waals surface area contributed by atoms with Gasteiger partial charge in [0, 0.05) is 0 Å². The number of nitrogens with two attached hydrogens (primary N) is 2. The Hall–Kier alpha value is -1.43. The molecule has 1 aromatic rings. The second-order valence-corrected chi connectivity index (χ2v) is 8.02. The maximum absolute atomic E-state index is 11.6. The van der Waals surface area contributed by atoms with Crippen LogP contribution in [0.15, 0.2) is 42.5 Å². The number of sulfonamides is 1. The van der Waals surface area contributed by atoms with E-state index in [1.54, 1.807) is 13.0 Å². The van der Waals surface area contributed by atoms with Crippen LogP contribution in [0, 0.1) is 0 Å². The lowest BCUT2D eigenvalue weighted by Crippen LogP contribution is -2.39. The Labute approximate surface area is 133 Å². The fraction of sp³-hybridized carbons (Fsp3) is 0.412. The van der Waals surface area contributed by atoms with Crippen LogP contribution >= 0.6 is 0 Å². The maximum Gasteiger partial charge on any atom is 0.218 e. The molecule has 0 bridgehead atoms. The number of hydrogen-bond acceptors (Lipinski definition) is 3. The highest BCUT2D eigenvalue weighted by molar-refractivity contribution is 7.90. The molecule has 0 saturated carbocycles. The number of hydrogen-bond donors (Lipinski definition) is 2. The molecule has 1 unspecified atom stereocenters. The Morgan fingerprint density at radius 3 is 2.64 bits per heavy atom. The first kappa shape index (κ1) is 16.9. The third-order valence-corrected chi connectivity index (χ3v) is 5.78. The van der Waals surface area contributed by atoms with Crippen molar-refractivity contribution in [2.75, 3.05) is 6.54 Å². The lowest BCUT2D eigenvalue weighted by molar-refractivity contribution is 0.564. The molecular formula is C17H24N2O2S. The number of aryl methyl sites for hydroxylation is 1. The highest BCUT2D eigenvalue weighted by atomic mass is 32.2. The van der Waals surface area contributed by atoms with Gasteiger partial charge in [-0.05, 0) is 55.9 Å². The predicted molar refractivity (Wildman–Crippen MR) is 91.7 cm³/mol. The van der Waals surface area contributed by atoms with Crippen LogP contribution < -0.4 is 10.9 Å². The highest BCUT2D eigenvalue weighted by Gasteiger charge is 2.34. The lowest BCUT2D eigenvalue weighted by Gasteiger charge is -2.25. The van der Waals surface area contributed by atoms with E-state index >= 15 is 0 Å². The molecule has 4 nitrogen and oxygen atoms in total. The summed E-state index contributed by atoms with van der Waals surface area (Å²) in [5.41, 5.74) is 8.95. The van der Waals surface area contributed by atoms with Crippen molar-refractivity contribution in [1.29, 1.82) is 0 Å². The van der Waals surface area contributed by atoms with Gasteiger partial charge in [0.15, 0.2) is 0 Å². The van der Waals surface area contributed by atoms with Gasteiger partial charge in [0.2, 0.25) is 10.0 Å². The van der Waals surface area contributed by atoms with E-state index in [4.69, 9.17) is 10.9 Å². The Morgan fingerprint density at radius 2 is 2.05 bits per heavy atom. The summed E-state index contributed by atoms with van der Waals surface area (Å²) in [6.07, 6.45) is 9.01. The van der Waals surface area contributed by atoms with Gasteiger partial charge < -0.3 is 5.73 Å². The number of allylic oxidation sites excluding steroid dienone is 3. The molecule has 0 aromatic heterocycles. The van der Waals surface area contributed by atoms with Crippen LogP contribution in [-0.2, 0) is 16.4 Å². The zero-order chi connectivity index (χ0) is 16.2. The summed E-state index contributed by atoms with van der Waals surface area (Å²) >= 11 is 0. The first-order valence-electron chi connectivity index (χ1n) is 7.57. The molecule has 0 fully saturated rings. The third-order valence-electron chi connectivity index (χ3n) is 4.17. The van der Waals surface area contributed by atoms with Gasteiger partial charge in [-0.2, -0.15) is 0 Å². The zero-order valence-electron chi connectivity index (χ0n) is 13.0. The fourth-order valence-electron chi connectivity index (χ4n) is 2.52. The molecule has 0 spiro atoms. The molecule has 4 N–H and O–H groups in total. The minimum absolute atomic E-state index is 0.398. The van der Waals surface area contributed by atoms with E-state index in [2.05, 4.69) is 12.1 Å². The van der Waals surface area contributed by atoms with Gasteiger partial charge in [0.1, 0.15) is 4.75 Å². The van der Waals surface area contributed by atoms with E-state index in [1.807, 2.05) is 24.3 Å². The molecule has 2 rings (SSSR count). The first-order chi connectivity index (χ1) is 10.4. The van der Waals surface area contributed by atoms with Crippen molar-refractivity contribution in [3.63, 3.8) is 0 Å². The SMILES string of the molecule is CC1(S(N)(=O)=O)C=CC(c2cccc(CCCCN)c2)=CC1. The highest BCUT2D eigenvalue weighted by Crippen LogP contribution is 2.31. The molecule has 1 aliphatic carbocycles. The van der Waals surface area contributed by atoms with Crippen molar-refractivity contribution < 1.29 is 8.42 Å². The summed E-state index contributed by atoms with van der Waals surface area (Å²) in [6, 6.07) is 8.35. The number of primary sulfonamides is 1. The summed E-state index contributed by atoms with van der Waals surface area (Å²) in [5, 5.41) is 5.30. The van der Waals surface area contributed by atoms with E-state index in [1.165, 1.54) is 5.56 Å². The normalized spacial score (nSPS) is 21.7. The van der Waals surface area contributed by atoms with E-state index in [9.17, 15) is 8.42 Å². The monoisotopic (exact) mass is 320 g/mol. The maximum atomic E-state index is 11.6. The van der Waals surface area contributed by atoms with Crippen molar-refractivity contribution in [3.8, 4) is 0 Å². The van der Waals surface area contributed by atoms with Gasteiger partial charge >= 0.3 is 0 Å². The van der Waals surface area contributed by atoms with Crippen LogP contribution in [0.4, 0.5) is 0 Å². The number of unbranched alkanes of at least 4 members (excludes halogenated alkanes) is 1. The van der Waals surface area contributed by atoms with Gasteiger partial charge in [0.05, 0.1) is 0 Å². The number of benzene rings is 1. The van der Waals surface area contributed by atoms with Crippen molar-refractivity contribution in [2.24, 2.45) is 10.9 Å². The minimum atomic E-state index is -3.60. The predicted octanol–water partition coefficient (Wildman–Crippen LogP) is 2.36. The van der Waals surface area contributed by atoms with E-state index < -0.39 is 14.8 Å². The molecule has 1 aromatic carbocycles. The summed E-state index contributed by atoms with van der Waals surface area (Å²) in [4.78, 5) is 0. The average Bonchev–Trinajstić information content (AvgIpc) is 2.47. The molecule has 5 heteroatoms. The van der Waals surface area contributed by atoms with Crippen LogP contribution in [0.2, 0.25) is 0 Å². The third kappa shape index (κ3) is 3.85. The molecule has 0 heterocycles. The van der Waals surface area contributed by atoms with Gasteiger partial charge in [-0.15, -0.1) is 0 Å². The molecule has 0 saturated heterocycles. The standard InChI is InChI=1S/C17H24N2O2S/c1-17(22(19,20)21)10-8-15(9-11-17)16-7-4-6-14(13-16)5-2-3-12-18/h4,6-10,13H,2-3,5,11-12,18H2,1H3,(H2,19,20,21).